The molecule has 1 heterocycles. The third kappa shape index (κ3) is 37.8. The van der Waals surface area contributed by atoms with Gasteiger partial charge in [0.05, 0.1) is 32.0 Å². The normalized spacial score (nSPS) is 18.0. The first-order valence-electron chi connectivity index (χ1n) is 22.4. The van der Waals surface area contributed by atoms with Crippen molar-refractivity contribution in [3.8, 4) is 0 Å². The molecule has 0 aromatic heterocycles. The van der Waals surface area contributed by atoms with Crippen molar-refractivity contribution in [2.75, 3.05) is 26.4 Å². The van der Waals surface area contributed by atoms with Gasteiger partial charge in [-0.15, -0.1) is 0 Å². The molecule has 16 heteroatoms. The van der Waals surface area contributed by atoms with Crippen LogP contribution in [0.25, 0.3) is 0 Å². The zero-order valence-electron chi connectivity index (χ0n) is 37.1. The van der Waals surface area contributed by atoms with E-state index in [1.165, 1.54) is 19.3 Å². The second kappa shape index (κ2) is 37.6. The van der Waals surface area contributed by atoms with E-state index in [1.54, 1.807) is 0 Å². The number of aliphatic hydroxyl groups excluding tert-OH is 1. The Morgan fingerprint density at radius 3 is 1.74 bits per heavy atom. The monoisotopic (exact) mass is 914 g/mol. The molecule has 0 radical (unpaired) electrons. The highest BCUT2D eigenvalue weighted by Crippen LogP contribution is 2.44. The standard InChI is InChI=1S/C46H76O14P2/c1-3-5-7-9-11-12-13-14-15-16-17-18-19-20-21-22-23-27-32-36-46(49)59-42(40-58-62(53,54)57-38-41(47)37-56-61(50,51)52)39-55-45(48)35-31-28-24-26-30-34-44-43(60-44)33-29-25-10-8-6-4-2/h5,7,11-12,14-15,17-18,20-21,23,25,27,29,41-44,47H,3-4,6,8-10,13,16,19,22,24,26,28,30-40H2,1-2H3,(H,53,54)(H2,50,51,52)/b7-5-,12-11-,15-14-,18-17-,21-20-,27-23-,29-25-/t41-,42+,43?,44?/m0/s1. The van der Waals surface area contributed by atoms with Crippen molar-refractivity contribution in [1.82, 2.24) is 0 Å². The number of esters is 2. The second-order valence-corrected chi connectivity index (χ2v) is 17.7. The van der Waals surface area contributed by atoms with Crippen molar-refractivity contribution in [3.63, 3.8) is 0 Å². The number of phosphoric ester groups is 2. The van der Waals surface area contributed by atoms with E-state index in [2.05, 4.69) is 89.7 Å². The van der Waals surface area contributed by atoms with Crippen molar-refractivity contribution in [3.05, 3.63) is 85.1 Å². The third-order valence-corrected chi connectivity index (χ3v) is 10.6. The Morgan fingerprint density at radius 1 is 0.581 bits per heavy atom. The summed E-state index contributed by atoms with van der Waals surface area (Å²) in [7, 11) is -9.72. The Morgan fingerprint density at radius 2 is 1.13 bits per heavy atom. The van der Waals surface area contributed by atoms with Gasteiger partial charge < -0.3 is 34.0 Å². The van der Waals surface area contributed by atoms with Crippen molar-refractivity contribution in [2.24, 2.45) is 0 Å². The molecule has 1 saturated heterocycles. The van der Waals surface area contributed by atoms with Gasteiger partial charge in [-0.1, -0.05) is 137 Å². The van der Waals surface area contributed by atoms with Gasteiger partial charge in [-0.3, -0.25) is 23.2 Å². The van der Waals surface area contributed by atoms with Crippen LogP contribution in [0.2, 0.25) is 0 Å². The lowest BCUT2D eigenvalue weighted by molar-refractivity contribution is -0.161. The van der Waals surface area contributed by atoms with E-state index in [1.807, 2.05) is 18.2 Å². The van der Waals surface area contributed by atoms with Crippen molar-refractivity contribution < 1.29 is 66.3 Å². The molecule has 0 aromatic rings. The molecule has 14 nitrogen and oxygen atoms in total. The Bertz CT molecular complexity index is 1480. The van der Waals surface area contributed by atoms with E-state index in [4.69, 9.17) is 28.5 Å². The van der Waals surface area contributed by atoms with Gasteiger partial charge in [-0.2, -0.15) is 0 Å². The molecule has 4 N–H and O–H groups in total. The summed E-state index contributed by atoms with van der Waals surface area (Å²) in [6, 6.07) is 0. The number of carbonyl (C=O) groups is 2. The summed E-state index contributed by atoms with van der Waals surface area (Å²) >= 11 is 0. The Kier molecular flexibility index (Phi) is 34.8. The van der Waals surface area contributed by atoms with Crippen LogP contribution >= 0.6 is 15.6 Å². The number of aliphatic hydroxyl groups is 1. The van der Waals surface area contributed by atoms with Crippen LogP contribution in [-0.4, -0.2) is 82.6 Å². The third-order valence-electron chi connectivity index (χ3n) is 9.20. The fourth-order valence-electron chi connectivity index (χ4n) is 5.73. The summed E-state index contributed by atoms with van der Waals surface area (Å²) in [5.74, 6) is -1.16. The molecule has 1 rings (SSSR count). The number of epoxide rings is 1. The lowest BCUT2D eigenvalue weighted by Gasteiger charge is -2.20. The van der Waals surface area contributed by atoms with Crippen LogP contribution in [0.3, 0.4) is 0 Å². The van der Waals surface area contributed by atoms with Crippen molar-refractivity contribution in [1.29, 1.82) is 0 Å². The topological polar surface area (TPSA) is 208 Å². The first kappa shape index (κ1) is 57.3. The molecule has 354 valence electrons. The lowest BCUT2D eigenvalue weighted by Crippen LogP contribution is -2.29. The van der Waals surface area contributed by atoms with E-state index in [0.29, 0.717) is 31.5 Å². The van der Waals surface area contributed by atoms with Crippen molar-refractivity contribution in [2.45, 2.75) is 167 Å². The van der Waals surface area contributed by atoms with Gasteiger partial charge in [-0.05, 0) is 77.0 Å². The van der Waals surface area contributed by atoms with Gasteiger partial charge in [-0.25, -0.2) is 9.13 Å². The molecule has 0 aromatic carbocycles. The van der Waals surface area contributed by atoms with Crippen molar-refractivity contribution >= 4 is 27.6 Å². The number of hydrogen-bond donors (Lipinski definition) is 4. The molecule has 62 heavy (non-hydrogen) atoms. The lowest BCUT2D eigenvalue weighted by atomic mass is 10.1. The van der Waals surface area contributed by atoms with Crippen LogP contribution in [0, 0.1) is 0 Å². The number of phosphoric acid groups is 2. The second-order valence-electron chi connectivity index (χ2n) is 15.0. The average Bonchev–Trinajstić information content (AvgIpc) is 3.99. The molecule has 0 saturated carbocycles. The number of rotatable bonds is 40. The highest BCUT2D eigenvalue weighted by atomic mass is 31.2. The SMILES string of the molecule is CC/C=C\C/C=C\C/C=C\C/C=C\C/C=C\C/C=C\CCC(=O)O[C@H](COC(=O)CCCCCCCC1OC1C/C=C\CCCCC)COP(=O)(O)OC[C@@H](O)COP(=O)(O)O. The summed E-state index contributed by atoms with van der Waals surface area (Å²) in [4.78, 5) is 52.8. The van der Waals surface area contributed by atoms with E-state index >= 15 is 0 Å². The molecular weight excluding hydrogens is 838 g/mol. The summed E-state index contributed by atoms with van der Waals surface area (Å²) in [5, 5.41) is 9.75. The molecule has 1 fully saturated rings. The maximum absolute atomic E-state index is 12.7. The maximum atomic E-state index is 12.7. The molecule has 1 aliphatic rings. The number of carbonyl (C=O) groups excluding carboxylic acids is 2. The number of unbranched alkanes of at least 4 members (excludes halogenated alkanes) is 7. The number of allylic oxidation sites excluding steroid dienone is 13. The van der Waals surface area contributed by atoms with Gasteiger partial charge in [0.15, 0.2) is 6.10 Å². The molecule has 5 atom stereocenters. The van der Waals surface area contributed by atoms with Crippen LogP contribution in [0.15, 0.2) is 85.1 Å². The zero-order chi connectivity index (χ0) is 45.6. The van der Waals surface area contributed by atoms with Gasteiger partial charge >= 0.3 is 27.6 Å². The Balaban J connectivity index is 2.42. The van der Waals surface area contributed by atoms with Gasteiger partial charge in [0.2, 0.25) is 0 Å². The smallest absolute Gasteiger partial charge is 0.462 e. The van der Waals surface area contributed by atoms with Crippen LogP contribution in [0.5, 0.6) is 0 Å². The quantitative estimate of drug-likeness (QED) is 0.0148. The Hall–Kier alpha value is -2.74. The minimum absolute atomic E-state index is 0.00460. The van der Waals surface area contributed by atoms with Gasteiger partial charge in [0.25, 0.3) is 0 Å². The predicted octanol–water partition coefficient (Wildman–Crippen LogP) is 10.5. The largest absolute Gasteiger partial charge is 0.472 e. The summed E-state index contributed by atoms with van der Waals surface area (Å²) < 4.78 is 53.5. The fraction of sp³-hybridized carbons (Fsp3) is 0.652. The van der Waals surface area contributed by atoms with Crippen LogP contribution in [0.4, 0.5) is 0 Å². The minimum Gasteiger partial charge on any atom is -0.462 e. The first-order chi connectivity index (χ1) is 29.8. The van der Waals surface area contributed by atoms with Gasteiger partial charge in [0, 0.05) is 12.8 Å². The predicted molar refractivity (Wildman–Crippen MR) is 243 cm³/mol. The number of hydrogen-bond acceptors (Lipinski definition) is 11. The summed E-state index contributed by atoms with van der Waals surface area (Å²) in [6.45, 7) is 1.49. The Labute approximate surface area is 371 Å². The molecule has 0 bridgehead atoms. The van der Waals surface area contributed by atoms with Gasteiger partial charge in [0.1, 0.15) is 12.7 Å². The molecule has 0 amide bonds. The molecular formula is C46H76O14P2. The zero-order valence-corrected chi connectivity index (χ0v) is 38.9. The maximum Gasteiger partial charge on any atom is 0.472 e. The van der Waals surface area contributed by atoms with E-state index < -0.39 is 66.2 Å². The fourth-order valence-corrected chi connectivity index (χ4v) is 6.89. The summed E-state index contributed by atoms with van der Waals surface area (Å²) in [5.41, 5.74) is 0. The number of ether oxygens (including phenoxy) is 3. The van der Waals surface area contributed by atoms with Crippen LogP contribution in [-0.2, 0) is 46.5 Å². The molecule has 0 spiro atoms. The molecule has 0 aliphatic carbocycles. The van der Waals surface area contributed by atoms with Crippen LogP contribution < -0.4 is 0 Å². The average molecular weight is 915 g/mol. The minimum atomic E-state index is -4.88. The molecule has 3 unspecified atom stereocenters. The van der Waals surface area contributed by atoms with E-state index in [0.717, 1.165) is 77.0 Å². The van der Waals surface area contributed by atoms with E-state index in [9.17, 15) is 28.7 Å². The summed E-state index contributed by atoms with van der Waals surface area (Å²) in [6.07, 6.45) is 44.6. The molecule has 1 aliphatic heterocycles. The first-order valence-corrected chi connectivity index (χ1v) is 25.4. The highest BCUT2D eigenvalue weighted by molar-refractivity contribution is 7.47. The highest BCUT2D eigenvalue weighted by Gasteiger charge is 2.36. The van der Waals surface area contributed by atoms with E-state index in [-0.39, 0.29) is 12.8 Å². The van der Waals surface area contributed by atoms with Crippen LogP contribution in [0.1, 0.15) is 142 Å².